The number of carbonyl (C=O) groups excluding carboxylic acids is 1. The topological polar surface area (TPSA) is 51.2 Å². The number of thiazole rings is 1. The van der Waals surface area contributed by atoms with Crippen LogP contribution in [0, 0.1) is 0 Å². The number of carbonyl (C=O) groups is 1. The molecule has 6 heteroatoms. The molecule has 116 valence electrons. The van der Waals surface area contributed by atoms with Crippen molar-refractivity contribution in [3.05, 3.63) is 65.8 Å². The molecular formula is C17H13ClN2O2S. The molecule has 0 saturated carbocycles. The lowest BCUT2D eigenvalue weighted by atomic mass is 10.2. The first kappa shape index (κ1) is 15.5. The number of aromatic nitrogens is 1. The molecular weight excluding hydrogens is 332 g/mol. The SMILES string of the molecule is O=C(COc1ccc(Cl)cc1)Nc1ncc(-c2ccccc2)s1. The Morgan fingerprint density at radius 3 is 2.61 bits per heavy atom. The van der Waals surface area contributed by atoms with Crippen molar-refractivity contribution in [2.24, 2.45) is 0 Å². The van der Waals surface area contributed by atoms with E-state index in [1.165, 1.54) is 11.3 Å². The highest BCUT2D eigenvalue weighted by Gasteiger charge is 2.08. The van der Waals surface area contributed by atoms with Gasteiger partial charge in [-0.15, -0.1) is 0 Å². The summed E-state index contributed by atoms with van der Waals surface area (Å²) < 4.78 is 5.39. The van der Waals surface area contributed by atoms with Crippen molar-refractivity contribution in [1.82, 2.24) is 4.98 Å². The van der Waals surface area contributed by atoms with Crippen LogP contribution in [0.1, 0.15) is 0 Å². The number of nitrogens with zero attached hydrogens (tertiary/aromatic N) is 1. The third kappa shape index (κ3) is 4.31. The van der Waals surface area contributed by atoms with Crippen molar-refractivity contribution >= 4 is 34.0 Å². The second-order valence-corrected chi connectivity index (χ2v) is 6.15. The Hall–Kier alpha value is -2.37. The molecule has 1 heterocycles. The van der Waals surface area contributed by atoms with E-state index in [0.29, 0.717) is 15.9 Å². The molecule has 0 radical (unpaired) electrons. The largest absolute Gasteiger partial charge is 0.484 e. The monoisotopic (exact) mass is 344 g/mol. The molecule has 2 aromatic carbocycles. The number of hydrogen-bond donors (Lipinski definition) is 1. The van der Waals surface area contributed by atoms with Crippen molar-refractivity contribution < 1.29 is 9.53 Å². The van der Waals surface area contributed by atoms with Crippen LogP contribution in [0.5, 0.6) is 5.75 Å². The summed E-state index contributed by atoms with van der Waals surface area (Å²) in [5.74, 6) is 0.336. The molecule has 0 aliphatic heterocycles. The van der Waals surface area contributed by atoms with Gasteiger partial charge in [-0.2, -0.15) is 0 Å². The predicted molar refractivity (Wildman–Crippen MR) is 93.1 cm³/mol. The van der Waals surface area contributed by atoms with Gasteiger partial charge in [0.05, 0.1) is 4.88 Å². The van der Waals surface area contributed by atoms with Crippen LogP contribution in [0.3, 0.4) is 0 Å². The zero-order valence-electron chi connectivity index (χ0n) is 12.0. The van der Waals surface area contributed by atoms with Gasteiger partial charge in [-0.25, -0.2) is 4.98 Å². The number of nitrogens with one attached hydrogen (secondary N) is 1. The summed E-state index contributed by atoms with van der Waals surface area (Å²) >= 11 is 7.21. The first-order valence-corrected chi connectivity index (χ1v) is 8.09. The average Bonchev–Trinajstić information content (AvgIpc) is 3.04. The second-order valence-electron chi connectivity index (χ2n) is 4.69. The third-order valence-electron chi connectivity index (χ3n) is 2.99. The maximum atomic E-state index is 11.9. The molecule has 0 unspecified atom stereocenters. The van der Waals surface area contributed by atoms with Gasteiger partial charge in [0.15, 0.2) is 11.7 Å². The maximum absolute atomic E-state index is 11.9. The molecule has 3 aromatic rings. The minimum absolute atomic E-state index is 0.0815. The molecule has 0 spiro atoms. The van der Waals surface area contributed by atoms with E-state index in [1.54, 1.807) is 30.5 Å². The van der Waals surface area contributed by atoms with E-state index in [-0.39, 0.29) is 12.5 Å². The lowest BCUT2D eigenvalue weighted by Gasteiger charge is -2.05. The minimum Gasteiger partial charge on any atom is -0.484 e. The third-order valence-corrected chi connectivity index (χ3v) is 4.21. The molecule has 0 fully saturated rings. The summed E-state index contributed by atoms with van der Waals surface area (Å²) in [5.41, 5.74) is 1.07. The Bertz CT molecular complexity index is 788. The van der Waals surface area contributed by atoms with E-state index in [9.17, 15) is 4.79 Å². The highest BCUT2D eigenvalue weighted by Crippen LogP contribution is 2.28. The van der Waals surface area contributed by atoms with E-state index in [1.807, 2.05) is 30.3 Å². The van der Waals surface area contributed by atoms with Gasteiger partial charge in [0.1, 0.15) is 5.75 Å². The van der Waals surface area contributed by atoms with E-state index < -0.39 is 0 Å². The van der Waals surface area contributed by atoms with Gasteiger partial charge in [0.2, 0.25) is 0 Å². The van der Waals surface area contributed by atoms with Crippen molar-refractivity contribution in [1.29, 1.82) is 0 Å². The number of ether oxygens (including phenoxy) is 1. The Kier molecular flexibility index (Phi) is 4.90. The fourth-order valence-corrected chi connectivity index (χ4v) is 2.87. The normalized spacial score (nSPS) is 10.3. The Balaban J connectivity index is 1.56. The molecule has 0 bridgehead atoms. The van der Waals surface area contributed by atoms with Crippen molar-refractivity contribution in [3.63, 3.8) is 0 Å². The first-order chi connectivity index (χ1) is 11.2. The van der Waals surface area contributed by atoms with E-state index in [0.717, 1.165) is 10.4 Å². The Morgan fingerprint density at radius 2 is 1.87 bits per heavy atom. The highest BCUT2D eigenvalue weighted by molar-refractivity contribution is 7.19. The quantitative estimate of drug-likeness (QED) is 0.742. The Morgan fingerprint density at radius 1 is 1.13 bits per heavy atom. The molecule has 0 aliphatic carbocycles. The van der Waals surface area contributed by atoms with E-state index in [2.05, 4.69) is 10.3 Å². The van der Waals surface area contributed by atoms with E-state index >= 15 is 0 Å². The maximum Gasteiger partial charge on any atom is 0.264 e. The molecule has 1 N–H and O–H groups in total. The first-order valence-electron chi connectivity index (χ1n) is 6.90. The Labute approximate surface area is 142 Å². The van der Waals surface area contributed by atoms with Crippen LogP contribution in [-0.4, -0.2) is 17.5 Å². The average molecular weight is 345 g/mol. The van der Waals surface area contributed by atoms with Gasteiger partial charge in [0, 0.05) is 11.2 Å². The van der Waals surface area contributed by atoms with Gasteiger partial charge in [0.25, 0.3) is 5.91 Å². The molecule has 1 amide bonds. The lowest BCUT2D eigenvalue weighted by molar-refractivity contribution is -0.118. The molecule has 1 aromatic heterocycles. The fraction of sp³-hybridized carbons (Fsp3) is 0.0588. The van der Waals surface area contributed by atoms with Crippen LogP contribution < -0.4 is 10.1 Å². The van der Waals surface area contributed by atoms with Crippen molar-refractivity contribution in [3.8, 4) is 16.2 Å². The van der Waals surface area contributed by atoms with Gasteiger partial charge in [-0.3, -0.25) is 10.1 Å². The lowest BCUT2D eigenvalue weighted by Crippen LogP contribution is -2.19. The molecule has 3 rings (SSSR count). The van der Waals surface area contributed by atoms with Crippen LogP contribution in [-0.2, 0) is 4.79 Å². The summed E-state index contributed by atoms with van der Waals surface area (Å²) in [6.07, 6.45) is 1.75. The van der Waals surface area contributed by atoms with Gasteiger partial charge in [-0.1, -0.05) is 53.3 Å². The minimum atomic E-state index is -0.256. The molecule has 0 saturated heterocycles. The van der Waals surface area contributed by atoms with Crippen LogP contribution in [0.25, 0.3) is 10.4 Å². The zero-order valence-corrected chi connectivity index (χ0v) is 13.6. The standard InChI is InChI=1S/C17H13ClN2O2S/c18-13-6-8-14(9-7-13)22-11-16(21)20-17-19-10-15(23-17)12-4-2-1-3-5-12/h1-10H,11H2,(H,19,20,21). The molecule has 4 nitrogen and oxygen atoms in total. The van der Waals surface area contributed by atoms with Gasteiger partial charge < -0.3 is 4.74 Å². The number of amides is 1. The highest BCUT2D eigenvalue weighted by atomic mass is 35.5. The number of halogens is 1. The van der Waals surface area contributed by atoms with Crippen molar-refractivity contribution in [2.75, 3.05) is 11.9 Å². The number of rotatable bonds is 5. The van der Waals surface area contributed by atoms with Crippen LogP contribution >= 0.6 is 22.9 Å². The molecule has 0 atom stereocenters. The smallest absolute Gasteiger partial charge is 0.264 e. The summed E-state index contributed by atoms with van der Waals surface area (Å²) in [7, 11) is 0. The molecule has 23 heavy (non-hydrogen) atoms. The summed E-state index contributed by atoms with van der Waals surface area (Å²) in [6, 6.07) is 16.7. The summed E-state index contributed by atoms with van der Waals surface area (Å²) in [6.45, 7) is -0.0815. The summed E-state index contributed by atoms with van der Waals surface area (Å²) in [4.78, 5) is 17.1. The fourth-order valence-electron chi connectivity index (χ4n) is 1.90. The number of anilines is 1. The van der Waals surface area contributed by atoms with Crippen molar-refractivity contribution in [2.45, 2.75) is 0 Å². The number of hydrogen-bond acceptors (Lipinski definition) is 4. The van der Waals surface area contributed by atoms with Gasteiger partial charge >= 0.3 is 0 Å². The van der Waals surface area contributed by atoms with E-state index in [4.69, 9.17) is 16.3 Å². The zero-order chi connectivity index (χ0) is 16.1. The predicted octanol–water partition coefficient (Wildman–Crippen LogP) is 4.48. The van der Waals surface area contributed by atoms with Gasteiger partial charge in [-0.05, 0) is 29.8 Å². The second kappa shape index (κ2) is 7.26. The summed E-state index contributed by atoms with van der Waals surface area (Å²) in [5, 5.41) is 3.90. The van der Waals surface area contributed by atoms with Crippen LogP contribution in [0.15, 0.2) is 60.8 Å². The van der Waals surface area contributed by atoms with Crippen LogP contribution in [0.2, 0.25) is 5.02 Å². The van der Waals surface area contributed by atoms with Crippen LogP contribution in [0.4, 0.5) is 5.13 Å². The molecule has 0 aliphatic rings. The number of benzene rings is 2.